The molecule has 0 spiro atoms. The number of rotatable bonds is 6. The lowest BCUT2D eigenvalue weighted by Crippen LogP contribution is -2.16. The second-order valence-corrected chi connectivity index (χ2v) is 4.98. The molecule has 0 heterocycles. The minimum atomic E-state index is -0.791. The molecule has 0 aliphatic rings. The van der Waals surface area contributed by atoms with Gasteiger partial charge in [0, 0.05) is 6.04 Å². The molecule has 3 nitrogen and oxygen atoms in total. The fourth-order valence-electron chi connectivity index (χ4n) is 1.31. The molecule has 0 radical (unpaired) electrons. The monoisotopic (exact) mass is 239 g/mol. The van der Waals surface area contributed by atoms with Gasteiger partial charge >= 0.3 is 5.97 Å². The van der Waals surface area contributed by atoms with Crippen LogP contribution in [-0.4, -0.2) is 22.9 Å². The van der Waals surface area contributed by atoms with Gasteiger partial charge in [0.05, 0.1) is 0 Å². The molecule has 0 aliphatic carbocycles. The summed E-state index contributed by atoms with van der Waals surface area (Å²) >= 11 is 1.43. The topological polar surface area (TPSA) is 63.3 Å². The van der Waals surface area contributed by atoms with E-state index in [9.17, 15) is 4.79 Å². The molecular formula is C12H17NO2S. The maximum Gasteiger partial charge on any atom is 0.321 e. The number of carboxylic acids is 1. The van der Waals surface area contributed by atoms with Crippen molar-refractivity contribution in [2.24, 2.45) is 5.73 Å². The van der Waals surface area contributed by atoms with Crippen LogP contribution < -0.4 is 5.73 Å². The molecule has 0 aromatic heterocycles. The van der Waals surface area contributed by atoms with Crippen molar-refractivity contribution in [1.29, 1.82) is 0 Å². The summed E-state index contributed by atoms with van der Waals surface area (Å²) in [6.45, 7) is 1.93. The first-order chi connectivity index (χ1) is 7.61. The Bertz CT molecular complexity index is 327. The summed E-state index contributed by atoms with van der Waals surface area (Å²) in [5, 5.41) is 8.65. The van der Waals surface area contributed by atoms with Gasteiger partial charge in [-0.15, -0.1) is 11.8 Å². The van der Waals surface area contributed by atoms with Crippen molar-refractivity contribution in [3.8, 4) is 0 Å². The SMILES string of the molecule is CC(N)CCSC(C(=O)O)c1ccccc1. The second-order valence-electron chi connectivity index (χ2n) is 3.77. The van der Waals surface area contributed by atoms with Gasteiger partial charge in [0.2, 0.25) is 0 Å². The molecule has 0 saturated carbocycles. The Kier molecular flexibility index (Phi) is 5.35. The van der Waals surface area contributed by atoms with Crippen LogP contribution in [0.5, 0.6) is 0 Å². The zero-order valence-corrected chi connectivity index (χ0v) is 10.1. The summed E-state index contributed by atoms with van der Waals surface area (Å²) in [5.41, 5.74) is 6.47. The van der Waals surface area contributed by atoms with Gasteiger partial charge in [-0.2, -0.15) is 0 Å². The Labute approximate surface area is 100 Å². The van der Waals surface area contributed by atoms with Gasteiger partial charge in [-0.1, -0.05) is 30.3 Å². The van der Waals surface area contributed by atoms with Crippen LogP contribution in [0, 0.1) is 0 Å². The highest BCUT2D eigenvalue weighted by atomic mass is 32.2. The van der Waals surface area contributed by atoms with Gasteiger partial charge < -0.3 is 10.8 Å². The molecule has 0 saturated heterocycles. The van der Waals surface area contributed by atoms with Crippen molar-refractivity contribution in [3.63, 3.8) is 0 Å². The third kappa shape index (κ3) is 4.24. The number of carboxylic acid groups (broad SMARTS) is 1. The van der Waals surface area contributed by atoms with E-state index < -0.39 is 11.2 Å². The van der Waals surface area contributed by atoms with E-state index in [0.717, 1.165) is 17.7 Å². The smallest absolute Gasteiger partial charge is 0.321 e. The molecule has 1 aromatic carbocycles. The summed E-state index contributed by atoms with van der Waals surface area (Å²) in [6.07, 6.45) is 0.835. The van der Waals surface area contributed by atoms with Crippen LogP contribution in [0.25, 0.3) is 0 Å². The lowest BCUT2D eigenvalue weighted by Gasteiger charge is -2.13. The predicted octanol–water partition coefficient (Wildman–Crippen LogP) is 2.28. The van der Waals surface area contributed by atoms with E-state index in [1.54, 1.807) is 0 Å². The van der Waals surface area contributed by atoms with E-state index in [4.69, 9.17) is 10.8 Å². The van der Waals surface area contributed by atoms with Gasteiger partial charge in [0.15, 0.2) is 0 Å². The number of nitrogens with two attached hydrogens (primary N) is 1. The van der Waals surface area contributed by atoms with Crippen molar-refractivity contribution in [2.75, 3.05) is 5.75 Å². The van der Waals surface area contributed by atoms with Gasteiger partial charge in [0.1, 0.15) is 5.25 Å². The number of carbonyl (C=O) groups is 1. The van der Waals surface area contributed by atoms with Crippen molar-refractivity contribution < 1.29 is 9.90 Å². The molecule has 2 atom stereocenters. The zero-order valence-electron chi connectivity index (χ0n) is 9.30. The van der Waals surface area contributed by atoms with Crippen LogP contribution in [0.2, 0.25) is 0 Å². The Morgan fingerprint density at radius 2 is 2.06 bits per heavy atom. The van der Waals surface area contributed by atoms with Crippen molar-refractivity contribution in [1.82, 2.24) is 0 Å². The molecule has 0 amide bonds. The molecule has 0 fully saturated rings. The predicted molar refractivity (Wildman–Crippen MR) is 67.5 cm³/mol. The van der Waals surface area contributed by atoms with E-state index in [1.807, 2.05) is 37.3 Å². The molecule has 2 unspecified atom stereocenters. The average molecular weight is 239 g/mol. The molecular weight excluding hydrogens is 222 g/mol. The summed E-state index contributed by atoms with van der Waals surface area (Å²) in [5.74, 6) is -0.0235. The standard InChI is InChI=1S/C12H17NO2S/c1-9(13)7-8-16-11(12(14)15)10-5-3-2-4-6-10/h2-6,9,11H,7-8,13H2,1H3,(H,14,15). The first-order valence-corrected chi connectivity index (χ1v) is 6.31. The molecule has 4 heteroatoms. The van der Waals surface area contributed by atoms with Crippen LogP contribution in [-0.2, 0) is 4.79 Å². The summed E-state index contributed by atoms with van der Waals surface area (Å²) < 4.78 is 0. The average Bonchev–Trinajstić information content (AvgIpc) is 2.25. The molecule has 1 aromatic rings. The van der Waals surface area contributed by atoms with E-state index >= 15 is 0 Å². The lowest BCUT2D eigenvalue weighted by atomic mass is 10.1. The number of aliphatic carboxylic acids is 1. The van der Waals surface area contributed by atoms with Gasteiger partial charge in [-0.25, -0.2) is 0 Å². The fraction of sp³-hybridized carbons (Fsp3) is 0.417. The van der Waals surface area contributed by atoms with Gasteiger partial charge in [0.25, 0.3) is 0 Å². The normalized spacial score (nSPS) is 14.4. The third-order valence-corrected chi connectivity index (χ3v) is 3.46. The summed E-state index contributed by atoms with van der Waals surface area (Å²) in [6, 6.07) is 9.41. The van der Waals surface area contributed by atoms with E-state index in [1.165, 1.54) is 11.8 Å². The van der Waals surface area contributed by atoms with Crippen LogP contribution >= 0.6 is 11.8 Å². The van der Waals surface area contributed by atoms with Gasteiger partial charge in [-0.3, -0.25) is 4.79 Å². The lowest BCUT2D eigenvalue weighted by molar-refractivity contribution is -0.136. The zero-order chi connectivity index (χ0) is 12.0. The third-order valence-electron chi connectivity index (χ3n) is 2.18. The molecule has 3 N–H and O–H groups in total. The highest BCUT2D eigenvalue weighted by Gasteiger charge is 2.19. The largest absolute Gasteiger partial charge is 0.480 e. The quantitative estimate of drug-likeness (QED) is 0.799. The number of hydrogen-bond acceptors (Lipinski definition) is 3. The van der Waals surface area contributed by atoms with Crippen LogP contribution in [0.15, 0.2) is 30.3 Å². The van der Waals surface area contributed by atoms with Crippen molar-refractivity contribution in [3.05, 3.63) is 35.9 Å². The van der Waals surface area contributed by atoms with Crippen molar-refractivity contribution >= 4 is 17.7 Å². The molecule has 16 heavy (non-hydrogen) atoms. The van der Waals surface area contributed by atoms with Crippen LogP contribution in [0.4, 0.5) is 0 Å². The second kappa shape index (κ2) is 6.55. The van der Waals surface area contributed by atoms with Crippen LogP contribution in [0.1, 0.15) is 24.2 Å². The Morgan fingerprint density at radius 1 is 1.44 bits per heavy atom. The highest BCUT2D eigenvalue weighted by Crippen LogP contribution is 2.29. The molecule has 88 valence electrons. The van der Waals surface area contributed by atoms with Crippen LogP contribution in [0.3, 0.4) is 0 Å². The first kappa shape index (κ1) is 13.1. The number of thioether (sulfide) groups is 1. The summed E-state index contributed by atoms with van der Waals surface area (Å²) in [7, 11) is 0. The molecule has 1 rings (SSSR count). The maximum absolute atomic E-state index is 11.1. The minimum absolute atomic E-state index is 0.123. The van der Waals surface area contributed by atoms with E-state index in [2.05, 4.69) is 0 Å². The van der Waals surface area contributed by atoms with Gasteiger partial charge in [-0.05, 0) is 24.7 Å². The molecule has 0 bridgehead atoms. The van der Waals surface area contributed by atoms with E-state index in [0.29, 0.717) is 0 Å². The van der Waals surface area contributed by atoms with Crippen molar-refractivity contribution in [2.45, 2.75) is 24.6 Å². The maximum atomic E-state index is 11.1. The number of hydrogen-bond donors (Lipinski definition) is 2. The van der Waals surface area contributed by atoms with E-state index in [-0.39, 0.29) is 6.04 Å². The fourth-order valence-corrected chi connectivity index (χ4v) is 2.55. The first-order valence-electron chi connectivity index (χ1n) is 5.26. The number of benzene rings is 1. The Balaban J connectivity index is 2.59. The molecule has 0 aliphatic heterocycles. The summed E-state index contributed by atoms with van der Waals surface area (Å²) in [4.78, 5) is 11.1. The highest BCUT2D eigenvalue weighted by molar-refractivity contribution is 8.00. The Morgan fingerprint density at radius 3 is 2.56 bits per heavy atom. The Hall–Kier alpha value is -1.00. The minimum Gasteiger partial charge on any atom is -0.480 e.